The molecule has 0 saturated carbocycles. The quantitative estimate of drug-likeness (QED) is 0.542. The van der Waals surface area contributed by atoms with Gasteiger partial charge in [-0.2, -0.15) is 4.72 Å². The average Bonchev–Trinajstić information content (AvgIpc) is 3.22. The molecule has 0 atom stereocenters. The van der Waals surface area contributed by atoms with Crippen molar-refractivity contribution in [1.82, 2.24) is 15.0 Å². The molecule has 0 unspecified atom stereocenters. The monoisotopic (exact) mass is 423 g/mol. The summed E-state index contributed by atoms with van der Waals surface area (Å²) in [6.45, 7) is 2.21. The van der Waals surface area contributed by atoms with Crippen molar-refractivity contribution in [1.29, 1.82) is 0 Å². The number of rotatable bonds is 8. The summed E-state index contributed by atoms with van der Waals surface area (Å²) in [4.78, 5) is 16.8. The number of oxazole rings is 1. The molecule has 0 aliphatic heterocycles. The number of aryl methyl sites for hydroxylation is 1. The van der Waals surface area contributed by atoms with E-state index in [0.29, 0.717) is 24.6 Å². The Hall–Kier alpha value is -3.41. The maximum atomic E-state index is 12.4. The van der Waals surface area contributed by atoms with Crippen LogP contribution in [0.15, 0.2) is 64.1 Å². The van der Waals surface area contributed by atoms with E-state index in [9.17, 15) is 13.2 Å². The topological polar surface area (TPSA) is 101 Å². The van der Waals surface area contributed by atoms with Gasteiger partial charge in [-0.15, -0.1) is 6.42 Å². The predicted octanol–water partition coefficient (Wildman–Crippen LogP) is 2.53. The van der Waals surface area contributed by atoms with Crippen LogP contribution in [0.4, 0.5) is 0 Å². The highest BCUT2D eigenvalue weighted by Gasteiger charge is 2.15. The van der Waals surface area contributed by atoms with Gasteiger partial charge in [-0.05, 0) is 37.3 Å². The minimum Gasteiger partial charge on any atom is -0.444 e. The Morgan fingerprint density at radius 3 is 2.70 bits per heavy atom. The van der Waals surface area contributed by atoms with E-state index >= 15 is 0 Å². The van der Waals surface area contributed by atoms with Crippen LogP contribution >= 0.6 is 0 Å². The summed E-state index contributed by atoms with van der Waals surface area (Å²) in [5.41, 5.74) is 2.98. The molecule has 1 amide bonds. The summed E-state index contributed by atoms with van der Waals surface area (Å²) in [7, 11) is -3.76. The van der Waals surface area contributed by atoms with Gasteiger partial charge in [0.1, 0.15) is 6.26 Å². The van der Waals surface area contributed by atoms with E-state index in [1.807, 2.05) is 31.2 Å². The lowest BCUT2D eigenvalue weighted by molar-refractivity contribution is 0.0954. The molecule has 7 nitrogen and oxygen atoms in total. The fraction of sp³-hybridized carbons (Fsp3) is 0.182. The second-order valence-electron chi connectivity index (χ2n) is 6.57. The molecule has 0 spiro atoms. The molecular formula is C22H21N3O4S. The third kappa shape index (κ3) is 5.35. The van der Waals surface area contributed by atoms with Crippen molar-refractivity contribution in [3.63, 3.8) is 0 Å². The maximum Gasteiger partial charge on any atom is 0.251 e. The number of benzene rings is 2. The fourth-order valence-corrected chi connectivity index (χ4v) is 3.66. The summed E-state index contributed by atoms with van der Waals surface area (Å²) < 4.78 is 32.1. The van der Waals surface area contributed by atoms with Gasteiger partial charge < -0.3 is 9.73 Å². The summed E-state index contributed by atoms with van der Waals surface area (Å²) in [6.07, 6.45) is 7.12. The Balaban J connectivity index is 1.58. The molecule has 0 aliphatic carbocycles. The van der Waals surface area contributed by atoms with Gasteiger partial charge in [0, 0.05) is 24.1 Å². The van der Waals surface area contributed by atoms with Crippen LogP contribution in [-0.2, 0) is 16.4 Å². The zero-order valence-corrected chi connectivity index (χ0v) is 17.2. The van der Waals surface area contributed by atoms with Crippen LogP contribution in [0.3, 0.4) is 0 Å². The molecule has 2 N–H and O–H groups in total. The smallest absolute Gasteiger partial charge is 0.251 e. The Labute approximate surface area is 175 Å². The van der Waals surface area contributed by atoms with Crippen LogP contribution in [0, 0.1) is 19.3 Å². The standard InChI is InChI=1S/C22H21N3O4S/c1-3-12-24-30(27,28)20-6-4-5-18(14-20)21(26)23-13-11-19-15-29-22(25-19)17-9-7-16(2)8-10-17/h1,4-10,14-15,24H,11-13H2,2H3,(H,23,26). The second-order valence-corrected chi connectivity index (χ2v) is 8.34. The van der Waals surface area contributed by atoms with Crippen LogP contribution in [0.1, 0.15) is 21.6 Å². The molecule has 0 fully saturated rings. The van der Waals surface area contributed by atoms with Gasteiger partial charge in [0.15, 0.2) is 0 Å². The van der Waals surface area contributed by atoms with Crippen LogP contribution in [0.2, 0.25) is 0 Å². The minimum atomic E-state index is -3.76. The van der Waals surface area contributed by atoms with E-state index in [2.05, 4.69) is 20.9 Å². The Kier molecular flexibility index (Phi) is 6.67. The van der Waals surface area contributed by atoms with Gasteiger partial charge in [0.25, 0.3) is 5.91 Å². The van der Waals surface area contributed by atoms with Crippen molar-refractivity contribution in [3.8, 4) is 23.8 Å². The molecule has 0 saturated heterocycles. The number of sulfonamides is 1. The third-order valence-corrected chi connectivity index (χ3v) is 5.69. The number of carbonyl (C=O) groups excluding carboxylic acids is 1. The number of nitrogens with zero attached hydrogens (tertiary/aromatic N) is 1. The molecule has 3 aromatic rings. The lowest BCUT2D eigenvalue weighted by Gasteiger charge is -2.07. The molecule has 8 heteroatoms. The number of nitrogens with one attached hydrogen (secondary N) is 2. The van der Waals surface area contributed by atoms with Crippen molar-refractivity contribution in [2.24, 2.45) is 0 Å². The Bertz CT molecular complexity index is 1180. The first-order valence-corrected chi connectivity index (χ1v) is 10.7. The van der Waals surface area contributed by atoms with Crippen molar-refractivity contribution < 1.29 is 17.6 Å². The van der Waals surface area contributed by atoms with E-state index in [1.165, 1.54) is 18.2 Å². The SMILES string of the molecule is C#CCNS(=O)(=O)c1cccc(C(=O)NCCc2coc(-c3ccc(C)cc3)n2)c1. The molecule has 0 radical (unpaired) electrons. The normalized spacial score (nSPS) is 11.1. The number of hydrogen-bond donors (Lipinski definition) is 2. The van der Waals surface area contributed by atoms with Gasteiger partial charge in [-0.25, -0.2) is 13.4 Å². The molecule has 1 heterocycles. The summed E-state index contributed by atoms with van der Waals surface area (Å²) in [5, 5.41) is 2.76. The lowest BCUT2D eigenvalue weighted by atomic mass is 10.1. The highest BCUT2D eigenvalue weighted by atomic mass is 32.2. The number of hydrogen-bond acceptors (Lipinski definition) is 5. The minimum absolute atomic E-state index is 0.0235. The summed E-state index contributed by atoms with van der Waals surface area (Å²) >= 11 is 0. The van der Waals surface area contributed by atoms with Gasteiger partial charge in [0.05, 0.1) is 17.1 Å². The molecular weight excluding hydrogens is 402 g/mol. The second kappa shape index (κ2) is 9.39. The molecule has 1 aromatic heterocycles. The number of amides is 1. The number of aromatic nitrogens is 1. The van der Waals surface area contributed by atoms with Gasteiger partial charge >= 0.3 is 0 Å². The first-order valence-electron chi connectivity index (χ1n) is 9.22. The fourth-order valence-electron chi connectivity index (χ4n) is 2.68. The largest absolute Gasteiger partial charge is 0.444 e. The molecule has 0 aliphatic rings. The Morgan fingerprint density at radius 1 is 1.20 bits per heavy atom. The third-order valence-electron chi connectivity index (χ3n) is 4.29. The van der Waals surface area contributed by atoms with Gasteiger partial charge in [-0.1, -0.05) is 29.7 Å². The summed E-state index contributed by atoms with van der Waals surface area (Å²) in [6, 6.07) is 13.6. The highest BCUT2D eigenvalue weighted by Crippen LogP contribution is 2.19. The lowest BCUT2D eigenvalue weighted by Crippen LogP contribution is -2.27. The van der Waals surface area contributed by atoms with Crippen molar-refractivity contribution in [2.45, 2.75) is 18.2 Å². The van der Waals surface area contributed by atoms with Crippen LogP contribution in [0.5, 0.6) is 0 Å². The Morgan fingerprint density at radius 2 is 1.97 bits per heavy atom. The van der Waals surface area contributed by atoms with Crippen LogP contribution in [-0.4, -0.2) is 32.4 Å². The number of carbonyl (C=O) groups is 1. The van der Waals surface area contributed by atoms with Crippen LogP contribution < -0.4 is 10.0 Å². The molecule has 2 aromatic carbocycles. The van der Waals surface area contributed by atoms with Crippen LogP contribution in [0.25, 0.3) is 11.5 Å². The van der Waals surface area contributed by atoms with E-state index < -0.39 is 10.0 Å². The molecule has 154 valence electrons. The summed E-state index contributed by atoms with van der Waals surface area (Å²) in [5.74, 6) is 2.34. The highest BCUT2D eigenvalue weighted by molar-refractivity contribution is 7.89. The van der Waals surface area contributed by atoms with Gasteiger partial charge in [0.2, 0.25) is 15.9 Å². The molecule has 30 heavy (non-hydrogen) atoms. The van der Waals surface area contributed by atoms with Crippen molar-refractivity contribution >= 4 is 15.9 Å². The van der Waals surface area contributed by atoms with E-state index in [4.69, 9.17) is 10.8 Å². The van der Waals surface area contributed by atoms with E-state index in [-0.39, 0.29) is 22.9 Å². The number of terminal acetylenes is 1. The first-order chi connectivity index (χ1) is 14.4. The zero-order valence-electron chi connectivity index (χ0n) is 16.4. The van der Waals surface area contributed by atoms with E-state index in [0.717, 1.165) is 11.1 Å². The maximum absolute atomic E-state index is 12.4. The zero-order chi connectivity index (χ0) is 21.6. The predicted molar refractivity (Wildman–Crippen MR) is 113 cm³/mol. The van der Waals surface area contributed by atoms with Crippen molar-refractivity contribution in [3.05, 3.63) is 71.6 Å². The van der Waals surface area contributed by atoms with Crippen molar-refractivity contribution in [2.75, 3.05) is 13.1 Å². The van der Waals surface area contributed by atoms with E-state index in [1.54, 1.807) is 12.3 Å². The first kappa shape index (κ1) is 21.3. The molecule has 0 bridgehead atoms. The molecule has 3 rings (SSSR count). The van der Waals surface area contributed by atoms with Gasteiger partial charge in [-0.3, -0.25) is 4.79 Å². The average molecular weight is 423 g/mol.